The maximum Gasteiger partial charge on any atom is 0.163 e. The molecule has 0 amide bonds. The van der Waals surface area contributed by atoms with Crippen molar-refractivity contribution in [2.75, 3.05) is 19.8 Å². The molecule has 16 heavy (non-hydrogen) atoms. The Balaban J connectivity index is 1.82. The molecule has 1 heterocycles. The van der Waals surface area contributed by atoms with Crippen molar-refractivity contribution in [1.29, 1.82) is 0 Å². The summed E-state index contributed by atoms with van der Waals surface area (Å²) in [5.41, 5.74) is 0.374. The smallest absolute Gasteiger partial charge is 0.163 e. The monoisotopic (exact) mass is 227 g/mol. The molecule has 1 fully saturated rings. The van der Waals surface area contributed by atoms with Crippen LogP contribution in [0.4, 0.5) is 8.78 Å². The van der Waals surface area contributed by atoms with Crippen molar-refractivity contribution in [3.63, 3.8) is 0 Å². The third-order valence-electron chi connectivity index (χ3n) is 2.80. The highest BCUT2D eigenvalue weighted by Crippen LogP contribution is 2.13. The van der Waals surface area contributed by atoms with Gasteiger partial charge in [0.1, 0.15) is 0 Å². The molecule has 0 saturated carbocycles. The standard InChI is InChI=1S/C12H15F2NO/c13-11-3-1-2-10(12(11)14)7-15-6-9-4-5-16-8-9/h1-3,9,15H,4-8H2. The lowest BCUT2D eigenvalue weighted by Gasteiger charge is -2.09. The summed E-state index contributed by atoms with van der Waals surface area (Å²) in [6.45, 7) is 2.72. The van der Waals surface area contributed by atoms with Gasteiger partial charge >= 0.3 is 0 Å². The van der Waals surface area contributed by atoms with Crippen LogP contribution < -0.4 is 5.32 Å². The van der Waals surface area contributed by atoms with Gasteiger partial charge in [-0.2, -0.15) is 0 Å². The third kappa shape index (κ3) is 2.77. The average Bonchev–Trinajstić information content (AvgIpc) is 2.77. The van der Waals surface area contributed by atoms with Crippen LogP contribution in [0.3, 0.4) is 0 Å². The van der Waals surface area contributed by atoms with Gasteiger partial charge in [-0.1, -0.05) is 12.1 Å². The van der Waals surface area contributed by atoms with Gasteiger partial charge in [-0.25, -0.2) is 8.78 Å². The fraction of sp³-hybridized carbons (Fsp3) is 0.500. The summed E-state index contributed by atoms with van der Waals surface area (Å²) in [6.07, 6.45) is 1.04. The fourth-order valence-electron chi connectivity index (χ4n) is 1.84. The van der Waals surface area contributed by atoms with Crippen LogP contribution in [0.15, 0.2) is 18.2 Å². The number of hydrogen-bond acceptors (Lipinski definition) is 2. The minimum atomic E-state index is -0.788. The molecule has 1 aromatic rings. The number of benzene rings is 1. The largest absolute Gasteiger partial charge is 0.381 e. The summed E-state index contributed by atoms with van der Waals surface area (Å²) < 4.78 is 31.4. The molecule has 0 aromatic heterocycles. The Hall–Kier alpha value is -1.00. The third-order valence-corrected chi connectivity index (χ3v) is 2.80. The molecule has 2 rings (SSSR count). The highest BCUT2D eigenvalue weighted by Gasteiger charge is 2.15. The quantitative estimate of drug-likeness (QED) is 0.850. The van der Waals surface area contributed by atoms with Crippen LogP contribution in [-0.4, -0.2) is 19.8 Å². The topological polar surface area (TPSA) is 21.3 Å². The molecule has 1 N–H and O–H groups in total. The summed E-state index contributed by atoms with van der Waals surface area (Å²) in [6, 6.07) is 4.24. The Bertz CT molecular complexity index is 351. The van der Waals surface area contributed by atoms with Crippen LogP contribution in [0.1, 0.15) is 12.0 Å². The summed E-state index contributed by atoms with van der Waals surface area (Å²) in [5.74, 6) is -1.04. The lowest BCUT2D eigenvalue weighted by Crippen LogP contribution is -2.23. The second-order valence-corrected chi connectivity index (χ2v) is 4.07. The Labute approximate surface area is 93.6 Å². The van der Waals surface area contributed by atoms with Gasteiger partial charge in [0, 0.05) is 25.3 Å². The van der Waals surface area contributed by atoms with Crippen molar-refractivity contribution >= 4 is 0 Å². The van der Waals surface area contributed by atoms with E-state index in [1.54, 1.807) is 6.07 Å². The van der Waals surface area contributed by atoms with E-state index in [4.69, 9.17) is 4.74 Å². The van der Waals surface area contributed by atoms with E-state index in [0.29, 0.717) is 18.0 Å². The van der Waals surface area contributed by atoms with Crippen molar-refractivity contribution in [2.24, 2.45) is 5.92 Å². The van der Waals surface area contributed by atoms with Crippen molar-refractivity contribution in [2.45, 2.75) is 13.0 Å². The minimum absolute atomic E-state index is 0.361. The first kappa shape index (κ1) is 11.5. The van der Waals surface area contributed by atoms with Crippen LogP contribution in [0, 0.1) is 17.6 Å². The Morgan fingerprint density at radius 3 is 3.00 bits per heavy atom. The maximum atomic E-state index is 13.3. The van der Waals surface area contributed by atoms with E-state index in [0.717, 1.165) is 32.2 Å². The van der Waals surface area contributed by atoms with Gasteiger partial charge in [0.2, 0.25) is 0 Å². The van der Waals surface area contributed by atoms with Crippen LogP contribution in [0.5, 0.6) is 0 Å². The average molecular weight is 227 g/mol. The lowest BCUT2D eigenvalue weighted by molar-refractivity contribution is 0.185. The van der Waals surface area contributed by atoms with Crippen LogP contribution >= 0.6 is 0 Å². The maximum absolute atomic E-state index is 13.3. The molecular weight excluding hydrogens is 212 g/mol. The van der Waals surface area contributed by atoms with Gasteiger partial charge in [-0.3, -0.25) is 0 Å². The summed E-state index contributed by atoms with van der Waals surface area (Å²) >= 11 is 0. The number of ether oxygens (including phenoxy) is 1. The molecule has 1 aliphatic heterocycles. The van der Waals surface area contributed by atoms with E-state index < -0.39 is 11.6 Å². The Kier molecular flexibility index (Phi) is 3.85. The van der Waals surface area contributed by atoms with Gasteiger partial charge < -0.3 is 10.1 Å². The second-order valence-electron chi connectivity index (χ2n) is 4.07. The SMILES string of the molecule is Fc1cccc(CNCC2CCOC2)c1F. The van der Waals surface area contributed by atoms with Crippen LogP contribution in [-0.2, 0) is 11.3 Å². The predicted octanol–water partition coefficient (Wildman–Crippen LogP) is 2.09. The zero-order chi connectivity index (χ0) is 11.4. The minimum Gasteiger partial charge on any atom is -0.381 e. The molecule has 4 heteroatoms. The van der Waals surface area contributed by atoms with Crippen LogP contribution in [0.2, 0.25) is 0 Å². The second kappa shape index (κ2) is 5.37. The molecule has 1 aromatic carbocycles. The molecule has 1 atom stereocenters. The molecule has 2 nitrogen and oxygen atoms in total. The molecule has 1 unspecified atom stereocenters. The van der Waals surface area contributed by atoms with E-state index in [9.17, 15) is 8.78 Å². The molecule has 0 bridgehead atoms. The zero-order valence-electron chi connectivity index (χ0n) is 9.01. The van der Waals surface area contributed by atoms with Gasteiger partial charge in [-0.05, 0) is 18.4 Å². The van der Waals surface area contributed by atoms with Crippen molar-refractivity contribution in [3.05, 3.63) is 35.4 Å². The Morgan fingerprint density at radius 2 is 2.25 bits per heavy atom. The van der Waals surface area contributed by atoms with Crippen molar-refractivity contribution in [1.82, 2.24) is 5.32 Å². The van der Waals surface area contributed by atoms with Gasteiger partial charge in [-0.15, -0.1) is 0 Å². The molecule has 1 aliphatic rings. The van der Waals surface area contributed by atoms with Crippen molar-refractivity contribution < 1.29 is 13.5 Å². The first-order valence-electron chi connectivity index (χ1n) is 5.48. The summed E-state index contributed by atoms with van der Waals surface area (Å²) in [5, 5.41) is 3.12. The first-order chi connectivity index (χ1) is 7.77. The van der Waals surface area contributed by atoms with Gasteiger partial charge in [0.15, 0.2) is 11.6 Å². The van der Waals surface area contributed by atoms with Crippen LogP contribution in [0.25, 0.3) is 0 Å². The summed E-state index contributed by atoms with van der Waals surface area (Å²) in [7, 11) is 0. The van der Waals surface area contributed by atoms with Gasteiger partial charge in [0.25, 0.3) is 0 Å². The van der Waals surface area contributed by atoms with Gasteiger partial charge in [0.05, 0.1) is 6.61 Å². The summed E-state index contributed by atoms with van der Waals surface area (Å²) in [4.78, 5) is 0. The molecule has 0 spiro atoms. The molecule has 88 valence electrons. The zero-order valence-corrected chi connectivity index (χ0v) is 9.01. The fourth-order valence-corrected chi connectivity index (χ4v) is 1.84. The van der Waals surface area contributed by atoms with E-state index in [2.05, 4.69) is 5.32 Å². The lowest BCUT2D eigenvalue weighted by atomic mass is 10.1. The molecule has 0 radical (unpaired) electrons. The number of nitrogens with one attached hydrogen (secondary N) is 1. The number of halogens is 2. The highest BCUT2D eigenvalue weighted by molar-refractivity contribution is 5.18. The van der Waals surface area contributed by atoms with Crippen molar-refractivity contribution in [3.8, 4) is 0 Å². The van der Waals surface area contributed by atoms with E-state index >= 15 is 0 Å². The normalized spacial score (nSPS) is 20.2. The molecule has 1 saturated heterocycles. The van der Waals surface area contributed by atoms with E-state index in [1.807, 2.05) is 0 Å². The number of hydrogen-bond donors (Lipinski definition) is 1. The predicted molar refractivity (Wildman–Crippen MR) is 57.0 cm³/mol. The highest BCUT2D eigenvalue weighted by atomic mass is 19.2. The Morgan fingerprint density at radius 1 is 1.38 bits per heavy atom. The number of rotatable bonds is 4. The first-order valence-corrected chi connectivity index (χ1v) is 5.48. The molecular formula is C12H15F2NO. The molecule has 0 aliphatic carbocycles. The van der Waals surface area contributed by atoms with E-state index in [1.165, 1.54) is 6.07 Å². The van der Waals surface area contributed by atoms with E-state index in [-0.39, 0.29) is 0 Å².